The normalized spacial score (nSPS) is 12.3. The maximum atomic E-state index is 12.3. The first-order valence-electron chi connectivity index (χ1n) is 8.19. The molecule has 1 atom stereocenters. The van der Waals surface area contributed by atoms with Crippen molar-refractivity contribution in [3.05, 3.63) is 59.8 Å². The van der Waals surface area contributed by atoms with E-state index in [2.05, 4.69) is 15.5 Å². The van der Waals surface area contributed by atoms with Crippen molar-refractivity contribution in [3.8, 4) is 5.75 Å². The lowest BCUT2D eigenvalue weighted by molar-refractivity contribution is 0.0916. The Morgan fingerprint density at radius 3 is 2.92 bits per heavy atom. The van der Waals surface area contributed by atoms with Crippen LogP contribution in [0.15, 0.2) is 48.7 Å². The molecule has 0 fully saturated rings. The Morgan fingerprint density at radius 2 is 2.12 bits per heavy atom. The standard InChI is InChI=1S/C19H21N3O3/c1-12(2)25-16-5-3-4-13(9-16)18(23)11-20-19(24)14-6-7-17-15(8-14)10-21-22-17/h3-10,12,18,23H,11H2,1-2H3,(H,20,24)(H,21,22). The number of aromatic amines is 1. The highest BCUT2D eigenvalue weighted by Gasteiger charge is 2.12. The van der Waals surface area contributed by atoms with Crippen molar-refractivity contribution in [1.29, 1.82) is 0 Å². The number of aliphatic hydroxyl groups is 1. The third-order valence-corrected chi connectivity index (χ3v) is 3.77. The first-order valence-corrected chi connectivity index (χ1v) is 8.19. The van der Waals surface area contributed by atoms with Gasteiger partial charge in [-0.25, -0.2) is 0 Å². The van der Waals surface area contributed by atoms with Crippen molar-refractivity contribution in [3.63, 3.8) is 0 Å². The van der Waals surface area contributed by atoms with Crippen LogP contribution in [0.2, 0.25) is 0 Å². The number of amides is 1. The maximum Gasteiger partial charge on any atom is 0.251 e. The first kappa shape index (κ1) is 17.0. The summed E-state index contributed by atoms with van der Waals surface area (Å²) in [6.45, 7) is 4.01. The number of nitrogens with one attached hydrogen (secondary N) is 2. The van der Waals surface area contributed by atoms with Gasteiger partial charge in [0.15, 0.2) is 0 Å². The molecule has 1 amide bonds. The van der Waals surface area contributed by atoms with Crippen LogP contribution in [0.25, 0.3) is 10.9 Å². The summed E-state index contributed by atoms with van der Waals surface area (Å²) in [5.41, 5.74) is 2.10. The maximum absolute atomic E-state index is 12.3. The minimum absolute atomic E-state index is 0.0601. The van der Waals surface area contributed by atoms with Gasteiger partial charge in [-0.1, -0.05) is 12.1 Å². The third-order valence-electron chi connectivity index (χ3n) is 3.77. The molecule has 0 bridgehead atoms. The molecule has 6 nitrogen and oxygen atoms in total. The predicted octanol–water partition coefficient (Wildman–Crippen LogP) is 2.81. The summed E-state index contributed by atoms with van der Waals surface area (Å²) in [6.07, 6.45) is 0.920. The molecule has 1 aromatic heterocycles. The van der Waals surface area contributed by atoms with Crippen molar-refractivity contribution >= 4 is 16.8 Å². The number of rotatable bonds is 6. The number of carbonyl (C=O) groups excluding carboxylic acids is 1. The second kappa shape index (κ2) is 7.36. The Bertz CT molecular complexity index is 873. The molecule has 0 saturated carbocycles. The molecule has 0 aliphatic rings. The van der Waals surface area contributed by atoms with E-state index in [1.165, 1.54) is 0 Å². The molecule has 1 heterocycles. The van der Waals surface area contributed by atoms with Crippen molar-refractivity contribution < 1.29 is 14.6 Å². The molecule has 0 aliphatic carbocycles. The van der Waals surface area contributed by atoms with Crippen molar-refractivity contribution in [2.75, 3.05) is 6.54 Å². The number of aromatic nitrogens is 2. The summed E-state index contributed by atoms with van der Waals surface area (Å²) in [5.74, 6) is 0.458. The lowest BCUT2D eigenvalue weighted by Gasteiger charge is -2.15. The number of hydrogen-bond donors (Lipinski definition) is 3. The van der Waals surface area contributed by atoms with E-state index < -0.39 is 6.10 Å². The number of fused-ring (bicyclic) bond motifs is 1. The average molecular weight is 339 g/mol. The second-order valence-electron chi connectivity index (χ2n) is 6.14. The molecular weight excluding hydrogens is 318 g/mol. The number of nitrogens with zero attached hydrogens (tertiary/aromatic N) is 1. The van der Waals surface area contributed by atoms with Gasteiger partial charge in [0.1, 0.15) is 5.75 Å². The van der Waals surface area contributed by atoms with Gasteiger partial charge in [0.25, 0.3) is 5.91 Å². The Morgan fingerprint density at radius 1 is 1.28 bits per heavy atom. The van der Waals surface area contributed by atoms with E-state index in [1.807, 2.05) is 32.0 Å². The monoisotopic (exact) mass is 339 g/mol. The molecule has 1 unspecified atom stereocenters. The Labute approximate surface area is 145 Å². The highest BCUT2D eigenvalue weighted by atomic mass is 16.5. The fourth-order valence-electron chi connectivity index (χ4n) is 2.56. The van der Waals surface area contributed by atoms with Crippen LogP contribution in [-0.2, 0) is 0 Å². The molecule has 0 saturated heterocycles. The summed E-state index contributed by atoms with van der Waals surface area (Å²) >= 11 is 0. The number of H-pyrrole nitrogens is 1. The second-order valence-corrected chi connectivity index (χ2v) is 6.14. The molecule has 0 spiro atoms. The molecule has 130 valence electrons. The van der Waals surface area contributed by atoms with Crippen LogP contribution in [0.1, 0.15) is 35.9 Å². The van der Waals surface area contributed by atoms with Crippen molar-refractivity contribution in [2.45, 2.75) is 26.1 Å². The minimum Gasteiger partial charge on any atom is -0.491 e. The zero-order chi connectivity index (χ0) is 17.8. The van der Waals surface area contributed by atoms with E-state index in [0.29, 0.717) is 16.9 Å². The topological polar surface area (TPSA) is 87.2 Å². The fourth-order valence-corrected chi connectivity index (χ4v) is 2.56. The quantitative estimate of drug-likeness (QED) is 0.644. The van der Waals surface area contributed by atoms with Gasteiger partial charge in [-0.05, 0) is 49.7 Å². The number of benzene rings is 2. The average Bonchev–Trinajstić information content (AvgIpc) is 3.06. The summed E-state index contributed by atoms with van der Waals surface area (Å²) in [5, 5.41) is 20.7. The van der Waals surface area contributed by atoms with Crippen LogP contribution in [0.4, 0.5) is 0 Å². The predicted molar refractivity (Wildman–Crippen MR) is 95.6 cm³/mol. The summed E-state index contributed by atoms with van der Waals surface area (Å²) in [7, 11) is 0. The summed E-state index contributed by atoms with van der Waals surface area (Å²) < 4.78 is 5.63. The Balaban J connectivity index is 1.63. The zero-order valence-corrected chi connectivity index (χ0v) is 14.2. The largest absolute Gasteiger partial charge is 0.491 e. The van der Waals surface area contributed by atoms with Crippen LogP contribution in [-0.4, -0.2) is 33.9 Å². The van der Waals surface area contributed by atoms with Crippen molar-refractivity contribution in [1.82, 2.24) is 15.5 Å². The molecule has 0 aliphatic heterocycles. The van der Waals surface area contributed by atoms with Gasteiger partial charge in [-0.2, -0.15) is 5.10 Å². The van der Waals surface area contributed by atoms with Gasteiger partial charge >= 0.3 is 0 Å². The van der Waals surface area contributed by atoms with E-state index in [0.717, 1.165) is 10.9 Å². The van der Waals surface area contributed by atoms with E-state index in [1.54, 1.807) is 30.5 Å². The smallest absolute Gasteiger partial charge is 0.251 e. The van der Waals surface area contributed by atoms with Gasteiger partial charge < -0.3 is 15.2 Å². The number of hydrogen-bond acceptors (Lipinski definition) is 4. The Hall–Kier alpha value is -2.86. The minimum atomic E-state index is -0.808. The van der Waals surface area contributed by atoms with Crippen LogP contribution >= 0.6 is 0 Å². The SMILES string of the molecule is CC(C)Oc1cccc(C(O)CNC(=O)c2ccc3[nH]ncc3c2)c1. The van der Waals surface area contributed by atoms with Gasteiger partial charge in [0.05, 0.1) is 23.9 Å². The molecular formula is C19H21N3O3. The molecule has 3 N–H and O–H groups in total. The molecule has 25 heavy (non-hydrogen) atoms. The van der Waals surface area contributed by atoms with Crippen LogP contribution in [0.3, 0.4) is 0 Å². The van der Waals surface area contributed by atoms with Crippen molar-refractivity contribution in [2.24, 2.45) is 0 Å². The van der Waals surface area contributed by atoms with Gasteiger partial charge in [0, 0.05) is 17.5 Å². The lowest BCUT2D eigenvalue weighted by atomic mass is 10.1. The molecule has 0 radical (unpaired) electrons. The van der Waals surface area contributed by atoms with E-state index in [9.17, 15) is 9.90 Å². The van der Waals surface area contributed by atoms with Gasteiger partial charge in [-0.3, -0.25) is 9.89 Å². The molecule has 3 rings (SSSR count). The van der Waals surface area contributed by atoms with E-state index in [4.69, 9.17) is 4.74 Å². The Kier molecular flexibility index (Phi) is 5.00. The van der Waals surface area contributed by atoms with Gasteiger partial charge in [0.2, 0.25) is 0 Å². The number of ether oxygens (including phenoxy) is 1. The number of carbonyl (C=O) groups is 1. The highest BCUT2D eigenvalue weighted by Crippen LogP contribution is 2.20. The molecule has 3 aromatic rings. The first-order chi connectivity index (χ1) is 12.0. The highest BCUT2D eigenvalue weighted by molar-refractivity contribution is 5.97. The molecule has 2 aromatic carbocycles. The zero-order valence-electron chi connectivity index (χ0n) is 14.2. The van der Waals surface area contributed by atoms with Crippen LogP contribution in [0, 0.1) is 0 Å². The number of aliphatic hydroxyl groups excluding tert-OH is 1. The summed E-state index contributed by atoms with van der Waals surface area (Å²) in [4.78, 5) is 12.3. The lowest BCUT2D eigenvalue weighted by Crippen LogP contribution is -2.28. The molecule has 6 heteroatoms. The van der Waals surface area contributed by atoms with Crippen LogP contribution < -0.4 is 10.1 Å². The van der Waals surface area contributed by atoms with E-state index in [-0.39, 0.29) is 18.6 Å². The van der Waals surface area contributed by atoms with Gasteiger partial charge in [-0.15, -0.1) is 0 Å². The van der Waals surface area contributed by atoms with E-state index >= 15 is 0 Å². The fraction of sp³-hybridized carbons (Fsp3) is 0.263. The van der Waals surface area contributed by atoms with Crippen LogP contribution in [0.5, 0.6) is 5.75 Å². The third kappa shape index (κ3) is 4.16. The summed E-state index contributed by atoms with van der Waals surface area (Å²) in [6, 6.07) is 12.5.